The fraction of sp³-hybridized carbons (Fsp3) is 0.0476. The van der Waals surface area contributed by atoms with E-state index < -0.39 is 35.0 Å². The van der Waals surface area contributed by atoms with Crippen LogP contribution in [0.15, 0.2) is 41.8 Å². The quantitative estimate of drug-likeness (QED) is 0.0918. The van der Waals surface area contributed by atoms with Gasteiger partial charge in [0.15, 0.2) is 5.78 Å². The number of carbonyl (C=O) groups excluding carboxylic acids is 4. The predicted molar refractivity (Wildman–Crippen MR) is 130 cm³/mol. The number of imide groups is 1. The fourth-order valence-electron chi connectivity index (χ4n) is 3.32. The number of non-ortho nitro benzene ring substituents is 1. The van der Waals surface area contributed by atoms with Gasteiger partial charge in [-0.05, 0) is 23.6 Å². The largest absolute Gasteiger partial charge is 0.291 e. The molecule has 0 bridgehead atoms. The third-order valence-corrected chi connectivity index (χ3v) is 7.68. The molecule has 0 spiro atoms. The number of nitrogens with zero attached hydrogens (tertiary/aromatic N) is 3. The molecular formula is C21H9Cl4N3O6S. The van der Waals surface area contributed by atoms with Crippen LogP contribution < -0.4 is 0 Å². The first-order chi connectivity index (χ1) is 16.5. The minimum absolute atomic E-state index is 0.126. The van der Waals surface area contributed by atoms with Crippen molar-refractivity contribution in [3.63, 3.8) is 0 Å². The van der Waals surface area contributed by atoms with Gasteiger partial charge in [-0.1, -0.05) is 52.5 Å². The van der Waals surface area contributed by atoms with Gasteiger partial charge < -0.3 is 0 Å². The molecule has 0 N–H and O–H groups in total. The van der Waals surface area contributed by atoms with E-state index in [0.29, 0.717) is 10.0 Å². The van der Waals surface area contributed by atoms with Crippen LogP contribution in [0.4, 0.5) is 5.69 Å². The number of carbonyl (C=O) groups is 4. The Hall–Kier alpha value is -3.02. The van der Waals surface area contributed by atoms with Crippen molar-refractivity contribution in [2.45, 2.75) is 0 Å². The number of fused-ring (bicyclic) bond motifs is 1. The Kier molecular flexibility index (Phi) is 6.85. The van der Waals surface area contributed by atoms with E-state index in [9.17, 15) is 29.3 Å². The Balaban J connectivity index is 1.81. The van der Waals surface area contributed by atoms with Crippen molar-refractivity contribution in [3.8, 4) is 0 Å². The van der Waals surface area contributed by atoms with E-state index in [4.69, 9.17) is 46.4 Å². The van der Waals surface area contributed by atoms with Crippen LogP contribution in [-0.2, 0) is 0 Å². The average molecular weight is 573 g/mol. The van der Waals surface area contributed by atoms with Crippen LogP contribution in [0.5, 0.6) is 0 Å². The van der Waals surface area contributed by atoms with Gasteiger partial charge in [0.05, 0.1) is 41.0 Å². The molecule has 0 atom stereocenters. The zero-order valence-corrected chi connectivity index (χ0v) is 20.8. The first-order valence-corrected chi connectivity index (χ1v) is 11.8. The molecule has 0 radical (unpaired) electrons. The second-order valence-corrected chi connectivity index (χ2v) is 9.45. The number of hydrogen-bond donors (Lipinski definition) is 0. The minimum Gasteiger partial charge on any atom is -0.291 e. The molecule has 2 heterocycles. The van der Waals surface area contributed by atoms with Crippen LogP contribution in [0.1, 0.15) is 40.7 Å². The van der Waals surface area contributed by atoms with Crippen LogP contribution in [-0.4, -0.2) is 45.0 Å². The normalized spacial score (nSPS) is 12.6. The molecule has 14 heteroatoms. The van der Waals surface area contributed by atoms with E-state index in [0.717, 1.165) is 35.6 Å². The molecule has 0 fully saturated rings. The molecule has 3 aromatic rings. The van der Waals surface area contributed by atoms with Crippen molar-refractivity contribution >= 4 is 86.9 Å². The van der Waals surface area contributed by atoms with Crippen molar-refractivity contribution in [1.29, 1.82) is 0 Å². The van der Waals surface area contributed by atoms with Gasteiger partial charge in [0.2, 0.25) is 0 Å². The van der Waals surface area contributed by atoms with Crippen molar-refractivity contribution in [1.82, 2.24) is 10.0 Å². The molecule has 0 unspecified atom stereocenters. The van der Waals surface area contributed by atoms with Gasteiger partial charge in [0, 0.05) is 17.7 Å². The number of rotatable bonds is 6. The number of Topliss-reactive ketones (excluding diaryl/α,β-unsaturated/α-hetero) is 1. The van der Waals surface area contributed by atoms with Crippen LogP contribution >= 0.6 is 57.7 Å². The first-order valence-electron chi connectivity index (χ1n) is 9.42. The van der Waals surface area contributed by atoms with Gasteiger partial charge in [-0.2, -0.15) is 5.01 Å². The summed E-state index contributed by atoms with van der Waals surface area (Å²) in [5.41, 5.74) is -1.16. The highest BCUT2D eigenvalue weighted by Gasteiger charge is 2.46. The minimum atomic E-state index is -1.05. The number of hydrazine groups is 1. The van der Waals surface area contributed by atoms with Gasteiger partial charge in [0.1, 0.15) is 6.54 Å². The smallest absolute Gasteiger partial charge is 0.282 e. The maximum atomic E-state index is 13.4. The molecular weight excluding hydrogens is 564 g/mol. The molecule has 178 valence electrons. The number of nitro groups is 1. The zero-order chi connectivity index (χ0) is 25.6. The lowest BCUT2D eigenvalue weighted by molar-refractivity contribution is -0.384. The van der Waals surface area contributed by atoms with E-state index in [1.807, 2.05) is 0 Å². The summed E-state index contributed by atoms with van der Waals surface area (Å²) in [6.45, 7) is -0.710. The number of thiophene rings is 1. The third-order valence-electron chi connectivity index (χ3n) is 4.97. The second-order valence-electron chi connectivity index (χ2n) is 7.00. The molecule has 3 amide bonds. The van der Waals surface area contributed by atoms with E-state index in [2.05, 4.69) is 0 Å². The predicted octanol–water partition coefficient (Wildman–Crippen LogP) is 5.81. The lowest BCUT2D eigenvalue weighted by Gasteiger charge is -2.29. The molecule has 1 aromatic heterocycles. The summed E-state index contributed by atoms with van der Waals surface area (Å²) < 4.78 is 0. The first kappa shape index (κ1) is 25.1. The Bertz CT molecular complexity index is 1380. The van der Waals surface area contributed by atoms with Gasteiger partial charge in [-0.3, -0.25) is 29.3 Å². The summed E-state index contributed by atoms with van der Waals surface area (Å²) >= 11 is 25.5. The van der Waals surface area contributed by atoms with E-state index in [1.54, 1.807) is 11.4 Å². The zero-order valence-electron chi connectivity index (χ0n) is 17.0. The Morgan fingerprint density at radius 2 is 1.46 bits per heavy atom. The lowest BCUT2D eigenvalue weighted by Crippen LogP contribution is -2.51. The molecule has 0 saturated carbocycles. The molecule has 1 aliphatic heterocycles. The number of benzene rings is 2. The molecule has 0 saturated heterocycles. The summed E-state index contributed by atoms with van der Waals surface area (Å²) in [6, 6.07) is 7.54. The van der Waals surface area contributed by atoms with Crippen molar-refractivity contribution < 1.29 is 24.1 Å². The summed E-state index contributed by atoms with van der Waals surface area (Å²) in [6.07, 6.45) is 0. The van der Waals surface area contributed by atoms with Crippen molar-refractivity contribution in [3.05, 3.63) is 93.6 Å². The van der Waals surface area contributed by atoms with Gasteiger partial charge in [0.25, 0.3) is 23.4 Å². The van der Waals surface area contributed by atoms with E-state index in [1.165, 1.54) is 6.07 Å². The average Bonchev–Trinajstić information content (AvgIpc) is 3.46. The SMILES string of the molecule is O=C(CN(C(=O)c1ccc([N+](=O)[O-])cc1)N1C(=O)c2c(Cl)c(Cl)c(Cl)c(Cl)c2C1=O)c1cccs1. The molecule has 9 nitrogen and oxygen atoms in total. The number of nitro benzene ring substituents is 1. The number of halogens is 4. The maximum Gasteiger partial charge on any atom is 0.282 e. The summed E-state index contributed by atoms with van der Waals surface area (Å²) in [5.74, 6) is -3.63. The monoisotopic (exact) mass is 571 g/mol. The van der Waals surface area contributed by atoms with Crippen molar-refractivity contribution in [2.24, 2.45) is 0 Å². The van der Waals surface area contributed by atoms with E-state index >= 15 is 0 Å². The standard InChI is InChI=1S/C21H9Cl4N3O6S/c22-15-13-14(16(23)18(25)17(15)24)21(32)27(20(13)31)26(8-11(29)12-2-1-7-35-12)19(30)9-3-5-10(6-4-9)28(33)34/h1-7H,8H2. The van der Waals surface area contributed by atoms with Gasteiger partial charge in [-0.15, -0.1) is 11.3 Å². The van der Waals surface area contributed by atoms with E-state index in [-0.39, 0.29) is 47.3 Å². The molecule has 4 rings (SSSR count). The fourth-order valence-corrected chi connectivity index (χ4v) is 4.99. The number of amides is 3. The lowest BCUT2D eigenvalue weighted by atomic mass is 10.1. The van der Waals surface area contributed by atoms with Gasteiger partial charge >= 0.3 is 0 Å². The topological polar surface area (TPSA) is 118 Å². The number of ketones is 1. The van der Waals surface area contributed by atoms with Crippen LogP contribution in [0.25, 0.3) is 0 Å². The third kappa shape index (κ3) is 4.28. The highest BCUT2D eigenvalue weighted by atomic mass is 35.5. The van der Waals surface area contributed by atoms with Crippen molar-refractivity contribution in [2.75, 3.05) is 6.54 Å². The molecule has 0 aliphatic carbocycles. The Morgan fingerprint density at radius 3 is 1.91 bits per heavy atom. The van der Waals surface area contributed by atoms with Crippen LogP contribution in [0.2, 0.25) is 20.1 Å². The summed E-state index contributed by atoms with van der Waals surface area (Å²) in [5, 5.41) is 12.4. The Labute approximate surface area is 220 Å². The highest BCUT2D eigenvalue weighted by Crippen LogP contribution is 2.45. The molecule has 35 heavy (non-hydrogen) atoms. The maximum absolute atomic E-state index is 13.4. The van der Waals surface area contributed by atoms with Crippen LogP contribution in [0.3, 0.4) is 0 Å². The van der Waals surface area contributed by atoms with Crippen LogP contribution in [0, 0.1) is 10.1 Å². The summed E-state index contributed by atoms with van der Waals surface area (Å²) in [4.78, 5) is 63.4. The Morgan fingerprint density at radius 1 is 0.914 bits per heavy atom. The van der Waals surface area contributed by atoms with Gasteiger partial charge in [-0.25, -0.2) is 5.01 Å². The summed E-state index contributed by atoms with van der Waals surface area (Å²) in [7, 11) is 0. The number of hydrogen-bond acceptors (Lipinski definition) is 7. The second kappa shape index (κ2) is 9.56. The molecule has 1 aliphatic rings. The highest BCUT2D eigenvalue weighted by molar-refractivity contribution is 7.12. The molecule has 2 aromatic carbocycles.